The van der Waals surface area contributed by atoms with Crippen LogP contribution in [0.4, 0.5) is 0 Å². The van der Waals surface area contributed by atoms with Crippen LogP contribution in [0.5, 0.6) is 0 Å². The second-order valence-electron chi connectivity index (χ2n) is 4.25. The van der Waals surface area contributed by atoms with E-state index in [4.69, 9.17) is 4.74 Å². The van der Waals surface area contributed by atoms with Crippen molar-refractivity contribution in [2.45, 2.75) is 18.9 Å². The van der Waals surface area contributed by atoms with Crippen LogP contribution in [0.2, 0.25) is 0 Å². The molecule has 0 aromatic heterocycles. The molecule has 0 radical (unpaired) electrons. The fourth-order valence-electron chi connectivity index (χ4n) is 1.94. The minimum atomic E-state index is 0.0395. The van der Waals surface area contributed by atoms with Crippen LogP contribution in [0.15, 0.2) is 0 Å². The second kappa shape index (κ2) is 7.60. The molecule has 5 nitrogen and oxygen atoms in total. The molecule has 0 bridgehead atoms. The Hall–Kier alpha value is -0.650. The van der Waals surface area contributed by atoms with Crippen molar-refractivity contribution in [1.82, 2.24) is 15.5 Å². The molecule has 1 aliphatic heterocycles. The number of hydrogen-bond acceptors (Lipinski definition) is 4. The van der Waals surface area contributed by atoms with E-state index in [1.807, 2.05) is 0 Å². The van der Waals surface area contributed by atoms with E-state index in [1.165, 1.54) is 19.4 Å². The molecular formula is C11H23N3O2. The van der Waals surface area contributed by atoms with E-state index in [9.17, 15) is 4.79 Å². The van der Waals surface area contributed by atoms with Crippen molar-refractivity contribution in [2.24, 2.45) is 0 Å². The third-order valence-corrected chi connectivity index (χ3v) is 2.97. The normalized spacial score (nSPS) is 21.2. The first-order valence-electron chi connectivity index (χ1n) is 5.90. The summed E-state index contributed by atoms with van der Waals surface area (Å²) in [5.41, 5.74) is 0. The van der Waals surface area contributed by atoms with Gasteiger partial charge in [0.15, 0.2) is 0 Å². The first kappa shape index (κ1) is 13.4. The lowest BCUT2D eigenvalue weighted by Gasteiger charge is -2.19. The van der Waals surface area contributed by atoms with E-state index in [-0.39, 0.29) is 5.91 Å². The van der Waals surface area contributed by atoms with Gasteiger partial charge in [-0.25, -0.2) is 0 Å². The van der Waals surface area contributed by atoms with Crippen LogP contribution in [0, 0.1) is 0 Å². The van der Waals surface area contributed by atoms with Crippen LogP contribution in [0.25, 0.3) is 0 Å². The van der Waals surface area contributed by atoms with E-state index < -0.39 is 0 Å². The molecule has 1 fully saturated rings. The van der Waals surface area contributed by atoms with E-state index in [1.54, 1.807) is 7.11 Å². The van der Waals surface area contributed by atoms with Crippen LogP contribution in [-0.2, 0) is 9.53 Å². The number of ether oxygens (including phenoxy) is 1. The Balaban J connectivity index is 1.99. The lowest BCUT2D eigenvalue weighted by atomic mass is 10.2. The molecule has 5 heteroatoms. The fraction of sp³-hybridized carbons (Fsp3) is 0.909. The summed E-state index contributed by atoms with van der Waals surface area (Å²) in [5, 5.41) is 5.97. The lowest BCUT2D eigenvalue weighted by Crippen LogP contribution is -2.41. The Kier molecular flexibility index (Phi) is 6.37. The van der Waals surface area contributed by atoms with E-state index in [0.717, 1.165) is 6.54 Å². The number of nitrogens with zero attached hydrogens (tertiary/aromatic N) is 1. The molecule has 0 spiro atoms. The van der Waals surface area contributed by atoms with Crippen molar-refractivity contribution in [2.75, 3.05) is 46.9 Å². The van der Waals surface area contributed by atoms with Gasteiger partial charge < -0.3 is 20.3 Å². The first-order valence-corrected chi connectivity index (χ1v) is 5.90. The van der Waals surface area contributed by atoms with Crippen molar-refractivity contribution >= 4 is 5.91 Å². The highest BCUT2D eigenvalue weighted by Gasteiger charge is 2.20. The molecule has 0 saturated carbocycles. The number of carbonyl (C=O) groups is 1. The van der Waals surface area contributed by atoms with Gasteiger partial charge in [-0.3, -0.25) is 4.79 Å². The Morgan fingerprint density at radius 2 is 2.38 bits per heavy atom. The number of hydrogen-bond donors (Lipinski definition) is 2. The van der Waals surface area contributed by atoms with Gasteiger partial charge in [-0.05, 0) is 26.4 Å². The van der Waals surface area contributed by atoms with Gasteiger partial charge in [0.2, 0.25) is 5.91 Å². The van der Waals surface area contributed by atoms with Crippen molar-refractivity contribution in [1.29, 1.82) is 0 Å². The minimum absolute atomic E-state index is 0.0395. The Labute approximate surface area is 97.5 Å². The summed E-state index contributed by atoms with van der Waals surface area (Å²) in [5.74, 6) is 0.0395. The van der Waals surface area contributed by atoms with Crippen molar-refractivity contribution in [3.63, 3.8) is 0 Å². The van der Waals surface area contributed by atoms with Gasteiger partial charge in [0, 0.05) is 26.2 Å². The van der Waals surface area contributed by atoms with Crippen LogP contribution in [0.1, 0.15) is 12.8 Å². The first-order chi connectivity index (χ1) is 7.74. The predicted octanol–water partition coefficient (Wildman–Crippen LogP) is -0.567. The number of methoxy groups -OCH3 is 1. The number of likely N-dealkylation sites (N-methyl/N-ethyl adjacent to an activating group) is 1. The Morgan fingerprint density at radius 3 is 3.00 bits per heavy atom. The van der Waals surface area contributed by atoms with Crippen LogP contribution in [0.3, 0.4) is 0 Å². The highest BCUT2D eigenvalue weighted by molar-refractivity contribution is 5.77. The standard InChI is InChI=1S/C11H23N3O2/c1-14-6-3-4-10(14)8-12-9-11(15)13-5-7-16-2/h10,12H,3-9H2,1-2H3,(H,13,15). The maximum atomic E-state index is 11.3. The van der Waals surface area contributed by atoms with E-state index in [2.05, 4.69) is 22.6 Å². The zero-order chi connectivity index (χ0) is 11.8. The van der Waals surface area contributed by atoms with Crippen LogP contribution < -0.4 is 10.6 Å². The predicted molar refractivity (Wildman–Crippen MR) is 63.4 cm³/mol. The number of nitrogens with one attached hydrogen (secondary N) is 2. The number of carbonyl (C=O) groups excluding carboxylic acids is 1. The molecule has 16 heavy (non-hydrogen) atoms. The average Bonchev–Trinajstić information content (AvgIpc) is 2.65. The molecule has 1 aliphatic rings. The smallest absolute Gasteiger partial charge is 0.234 e. The molecule has 1 saturated heterocycles. The molecule has 1 unspecified atom stereocenters. The minimum Gasteiger partial charge on any atom is -0.383 e. The highest BCUT2D eigenvalue weighted by atomic mass is 16.5. The molecule has 0 aromatic rings. The summed E-state index contributed by atoms with van der Waals surface area (Å²) in [6.45, 7) is 3.62. The van der Waals surface area contributed by atoms with Crippen molar-refractivity contribution in [3.8, 4) is 0 Å². The topological polar surface area (TPSA) is 53.6 Å². The third-order valence-electron chi connectivity index (χ3n) is 2.97. The van der Waals surface area contributed by atoms with Crippen molar-refractivity contribution < 1.29 is 9.53 Å². The molecule has 1 heterocycles. The number of likely N-dealkylation sites (tertiary alicyclic amines) is 1. The molecule has 0 aromatic carbocycles. The highest BCUT2D eigenvalue weighted by Crippen LogP contribution is 2.13. The molecule has 1 atom stereocenters. The maximum absolute atomic E-state index is 11.3. The summed E-state index contributed by atoms with van der Waals surface area (Å²) in [4.78, 5) is 13.7. The molecule has 94 valence electrons. The summed E-state index contributed by atoms with van der Waals surface area (Å²) >= 11 is 0. The molecule has 2 N–H and O–H groups in total. The zero-order valence-corrected chi connectivity index (χ0v) is 10.3. The van der Waals surface area contributed by atoms with Crippen molar-refractivity contribution in [3.05, 3.63) is 0 Å². The van der Waals surface area contributed by atoms with Gasteiger partial charge in [-0.15, -0.1) is 0 Å². The second-order valence-corrected chi connectivity index (χ2v) is 4.25. The molecule has 1 amide bonds. The average molecular weight is 229 g/mol. The lowest BCUT2D eigenvalue weighted by molar-refractivity contribution is -0.120. The summed E-state index contributed by atoms with van der Waals surface area (Å²) in [6, 6.07) is 0.590. The Morgan fingerprint density at radius 1 is 1.56 bits per heavy atom. The van der Waals surface area contributed by atoms with Gasteiger partial charge in [-0.1, -0.05) is 0 Å². The third kappa shape index (κ3) is 4.92. The summed E-state index contributed by atoms with van der Waals surface area (Å²) in [7, 11) is 3.76. The van der Waals surface area contributed by atoms with Crippen LogP contribution in [-0.4, -0.2) is 63.8 Å². The summed E-state index contributed by atoms with van der Waals surface area (Å²) < 4.78 is 4.85. The molecule has 1 rings (SSSR count). The number of rotatable bonds is 7. The SMILES string of the molecule is COCCNC(=O)CNCC1CCCN1C. The molecule has 0 aliphatic carbocycles. The monoisotopic (exact) mass is 229 g/mol. The largest absolute Gasteiger partial charge is 0.383 e. The van der Waals surface area contributed by atoms with Crippen LogP contribution >= 0.6 is 0 Å². The van der Waals surface area contributed by atoms with Gasteiger partial charge in [-0.2, -0.15) is 0 Å². The van der Waals surface area contributed by atoms with Gasteiger partial charge >= 0.3 is 0 Å². The fourth-order valence-corrected chi connectivity index (χ4v) is 1.94. The quantitative estimate of drug-likeness (QED) is 0.574. The van der Waals surface area contributed by atoms with E-state index >= 15 is 0 Å². The molecular weight excluding hydrogens is 206 g/mol. The zero-order valence-electron chi connectivity index (χ0n) is 10.3. The summed E-state index contributed by atoms with van der Waals surface area (Å²) in [6.07, 6.45) is 2.50. The maximum Gasteiger partial charge on any atom is 0.234 e. The number of amides is 1. The van der Waals surface area contributed by atoms with Gasteiger partial charge in [0.25, 0.3) is 0 Å². The Bertz CT molecular complexity index is 211. The van der Waals surface area contributed by atoms with E-state index in [0.29, 0.717) is 25.7 Å². The van der Waals surface area contributed by atoms with Gasteiger partial charge in [0.1, 0.15) is 0 Å². The van der Waals surface area contributed by atoms with Gasteiger partial charge in [0.05, 0.1) is 13.2 Å².